The van der Waals surface area contributed by atoms with Crippen LogP contribution in [0.3, 0.4) is 0 Å². The minimum atomic E-state index is -4.70. The average Bonchev–Trinajstić information content (AvgIpc) is 3.39. The molecule has 0 heterocycles. The molecule has 9 nitrogen and oxygen atoms in total. The number of rotatable bonds is 62. The molecule has 3 atom stereocenters. The number of hydrogen-bond donors (Lipinski definition) is 1. The lowest BCUT2D eigenvalue weighted by Gasteiger charge is -2.30. The highest BCUT2D eigenvalue weighted by molar-refractivity contribution is 7.45. The standard InChI is InChI=1S/C67H131N2O7P/c1-7-10-13-16-19-22-25-28-30-31-32-33-34-35-36-37-39-41-44-47-50-53-56-59-66(70)68-64(63-75-77(72,73)74-62-61-69(4,5)6)65(58-55-52-49-46-43-40-27-24-21-18-15-12-9-3)76-67(71)60-57-54-51-48-45-42-38-29-26-23-20-17-14-11-8-2/h23,26,55,58,64-65H,7-22,24-25,27-54,56-57,59-63H2,1-6H3,(H-,68,70,72,73)/b26-23-,58-55-. The molecule has 0 aliphatic rings. The third-order valence-corrected chi connectivity index (χ3v) is 16.3. The van der Waals surface area contributed by atoms with E-state index in [0.717, 1.165) is 70.6 Å². The van der Waals surface area contributed by atoms with E-state index >= 15 is 0 Å². The van der Waals surface area contributed by atoms with Gasteiger partial charge in [0.2, 0.25) is 5.91 Å². The fourth-order valence-corrected chi connectivity index (χ4v) is 10.9. The maximum absolute atomic E-state index is 13.6. The second kappa shape index (κ2) is 57.7. The first-order valence-electron chi connectivity index (χ1n) is 33.6. The van der Waals surface area contributed by atoms with E-state index in [0.29, 0.717) is 17.4 Å². The highest BCUT2D eigenvalue weighted by atomic mass is 31.2. The molecule has 10 heteroatoms. The summed E-state index contributed by atoms with van der Waals surface area (Å²) in [5.74, 6) is -0.526. The van der Waals surface area contributed by atoms with Gasteiger partial charge in [-0.05, 0) is 57.4 Å². The van der Waals surface area contributed by atoms with E-state index in [1.807, 2.05) is 33.3 Å². The summed E-state index contributed by atoms with van der Waals surface area (Å²) in [6.45, 7) is 6.89. The molecular formula is C67H131N2O7P. The van der Waals surface area contributed by atoms with Gasteiger partial charge in [0, 0.05) is 12.8 Å². The fourth-order valence-electron chi connectivity index (χ4n) is 10.2. The highest BCUT2D eigenvalue weighted by Gasteiger charge is 2.27. The quantitative estimate of drug-likeness (QED) is 0.0212. The SMILES string of the molecule is CCCCCC/C=C\CCCCCCCCCC(=O)OC(/C=C\CCCCCCCCCCCCC)C(COP(=O)([O-])OCC[N+](C)(C)C)NC(=O)CCCCCCCCCCCCCCCCCCCCCCCCC. The van der Waals surface area contributed by atoms with Gasteiger partial charge in [0.25, 0.3) is 7.82 Å². The van der Waals surface area contributed by atoms with Gasteiger partial charge in [0.15, 0.2) is 0 Å². The first-order chi connectivity index (χ1) is 37.4. The van der Waals surface area contributed by atoms with E-state index < -0.39 is 20.0 Å². The summed E-state index contributed by atoms with van der Waals surface area (Å²) in [4.78, 5) is 40.1. The van der Waals surface area contributed by atoms with Crippen LogP contribution in [0, 0.1) is 0 Å². The van der Waals surface area contributed by atoms with Gasteiger partial charge in [-0.2, -0.15) is 0 Å². The Kier molecular flexibility index (Phi) is 56.6. The van der Waals surface area contributed by atoms with E-state index in [4.69, 9.17) is 13.8 Å². The van der Waals surface area contributed by atoms with Gasteiger partial charge in [-0.25, -0.2) is 0 Å². The molecule has 77 heavy (non-hydrogen) atoms. The number of quaternary nitrogens is 1. The monoisotopic (exact) mass is 1110 g/mol. The van der Waals surface area contributed by atoms with Crippen LogP contribution in [-0.2, 0) is 27.9 Å². The molecule has 0 fully saturated rings. The van der Waals surface area contributed by atoms with E-state index in [1.165, 1.54) is 238 Å². The fraction of sp³-hybridized carbons (Fsp3) is 0.910. The van der Waals surface area contributed by atoms with Crippen molar-refractivity contribution in [2.24, 2.45) is 0 Å². The number of unbranched alkanes of at least 4 members (excludes halogenated alkanes) is 44. The third-order valence-electron chi connectivity index (χ3n) is 15.4. The number of phosphoric acid groups is 1. The van der Waals surface area contributed by atoms with Crippen LogP contribution in [0.4, 0.5) is 0 Å². The van der Waals surface area contributed by atoms with Crippen molar-refractivity contribution in [3.05, 3.63) is 24.3 Å². The minimum Gasteiger partial charge on any atom is -0.756 e. The van der Waals surface area contributed by atoms with Gasteiger partial charge in [-0.3, -0.25) is 14.2 Å². The molecule has 3 unspecified atom stereocenters. The largest absolute Gasteiger partial charge is 0.756 e. The summed E-state index contributed by atoms with van der Waals surface area (Å²) in [6, 6.07) is -0.885. The predicted octanol–water partition coefficient (Wildman–Crippen LogP) is 20.3. The maximum Gasteiger partial charge on any atom is 0.306 e. The zero-order valence-electron chi connectivity index (χ0n) is 52.2. The number of ether oxygens (including phenoxy) is 1. The van der Waals surface area contributed by atoms with Gasteiger partial charge in [-0.1, -0.05) is 296 Å². The van der Waals surface area contributed by atoms with Crippen molar-refractivity contribution in [2.75, 3.05) is 40.9 Å². The first kappa shape index (κ1) is 75.5. The summed E-state index contributed by atoms with van der Waals surface area (Å²) in [6.07, 6.45) is 68.6. The number of hydrogen-bond acceptors (Lipinski definition) is 7. The molecule has 0 bridgehead atoms. The molecule has 1 amide bonds. The predicted molar refractivity (Wildman–Crippen MR) is 330 cm³/mol. The van der Waals surface area contributed by atoms with Crippen LogP contribution in [-0.4, -0.2) is 69.4 Å². The zero-order valence-corrected chi connectivity index (χ0v) is 53.1. The number of esters is 1. The topological polar surface area (TPSA) is 114 Å². The Balaban J connectivity index is 5.11. The van der Waals surface area contributed by atoms with E-state index in [9.17, 15) is 19.0 Å². The second-order valence-electron chi connectivity index (χ2n) is 24.3. The van der Waals surface area contributed by atoms with Crippen LogP contribution < -0.4 is 10.2 Å². The van der Waals surface area contributed by atoms with Crippen molar-refractivity contribution in [1.82, 2.24) is 5.32 Å². The Bertz CT molecular complexity index is 1370. The second-order valence-corrected chi connectivity index (χ2v) is 25.7. The third kappa shape index (κ3) is 58.9. The molecular weight excluding hydrogens is 976 g/mol. The summed E-state index contributed by atoms with van der Waals surface area (Å²) < 4.78 is 30.4. The van der Waals surface area contributed by atoms with Crippen LogP contribution in [0.15, 0.2) is 24.3 Å². The van der Waals surface area contributed by atoms with Gasteiger partial charge in [0.05, 0.1) is 33.8 Å². The Labute approximate surface area is 479 Å². The zero-order chi connectivity index (χ0) is 56.4. The summed E-state index contributed by atoms with van der Waals surface area (Å²) >= 11 is 0. The molecule has 0 aliphatic heterocycles. The number of nitrogens with zero attached hydrogens (tertiary/aromatic N) is 1. The number of nitrogens with one attached hydrogen (secondary N) is 1. The van der Waals surface area contributed by atoms with E-state index in [-0.39, 0.29) is 31.5 Å². The van der Waals surface area contributed by atoms with Crippen molar-refractivity contribution in [3.8, 4) is 0 Å². The molecule has 1 N–H and O–H groups in total. The van der Waals surface area contributed by atoms with Crippen molar-refractivity contribution in [3.63, 3.8) is 0 Å². The Morgan fingerprint density at radius 1 is 0.442 bits per heavy atom. The lowest BCUT2D eigenvalue weighted by molar-refractivity contribution is -0.870. The van der Waals surface area contributed by atoms with Gasteiger partial charge in [-0.15, -0.1) is 0 Å². The highest BCUT2D eigenvalue weighted by Crippen LogP contribution is 2.38. The van der Waals surface area contributed by atoms with E-state index in [2.05, 4.69) is 38.2 Å². The Morgan fingerprint density at radius 2 is 0.753 bits per heavy atom. The van der Waals surface area contributed by atoms with Crippen molar-refractivity contribution < 1.29 is 37.3 Å². The molecule has 0 aromatic heterocycles. The number of amides is 1. The maximum atomic E-state index is 13.6. The van der Waals surface area contributed by atoms with Crippen molar-refractivity contribution in [1.29, 1.82) is 0 Å². The van der Waals surface area contributed by atoms with Crippen molar-refractivity contribution >= 4 is 19.7 Å². The van der Waals surface area contributed by atoms with Crippen LogP contribution in [0.5, 0.6) is 0 Å². The van der Waals surface area contributed by atoms with Crippen LogP contribution in [0.1, 0.15) is 342 Å². The first-order valence-corrected chi connectivity index (χ1v) is 35.1. The Morgan fingerprint density at radius 3 is 1.12 bits per heavy atom. The van der Waals surface area contributed by atoms with Gasteiger partial charge >= 0.3 is 5.97 Å². The lowest BCUT2D eigenvalue weighted by Crippen LogP contribution is -2.47. The summed E-state index contributed by atoms with van der Waals surface area (Å²) in [5.41, 5.74) is 0. The smallest absolute Gasteiger partial charge is 0.306 e. The molecule has 0 spiro atoms. The number of carbonyl (C=O) groups excluding carboxylic acids is 2. The number of allylic oxidation sites excluding steroid dienone is 3. The molecule has 0 saturated heterocycles. The van der Waals surface area contributed by atoms with E-state index in [1.54, 1.807) is 0 Å². The van der Waals surface area contributed by atoms with Crippen LogP contribution in [0.2, 0.25) is 0 Å². The molecule has 0 aromatic carbocycles. The van der Waals surface area contributed by atoms with Crippen LogP contribution in [0.25, 0.3) is 0 Å². The average molecular weight is 1110 g/mol. The molecule has 0 aromatic rings. The molecule has 0 radical (unpaired) electrons. The summed E-state index contributed by atoms with van der Waals surface area (Å²) in [5, 5.41) is 3.04. The molecule has 456 valence electrons. The van der Waals surface area contributed by atoms with Crippen molar-refractivity contribution in [2.45, 2.75) is 354 Å². The molecule has 0 aliphatic carbocycles. The van der Waals surface area contributed by atoms with Gasteiger partial charge < -0.3 is 28.5 Å². The molecule has 0 saturated carbocycles. The number of phosphoric ester groups is 1. The normalized spacial score (nSPS) is 13.7. The number of likely N-dealkylation sites (N-methyl/N-ethyl adjacent to an activating group) is 1. The Hall–Kier alpha value is -1.51. The minimum absolute atomic E-state index is 0.0191. The number of carbonyl (C=O) groups is 2. The molecule has 0 rings (SSSR count). The lowest BCUT2D eigenvalue weighted by atomic mass is 10.0. The summed E-state index contributed by atoms with van der Waals surface area (Å²) in [7, 11) is 1.20. The van der Waals surface area contributed by atoms with Crippen LogP contribution >= 0.6 is 7.82 Å². The van der Waals surface area contributed by atoms with Gasteiger partial charge in [0.1, 0.15) is 19.3 Å².